The maximum Gasteiger partial charge on any atom is 0.257 e. The molecule has 3 nitrogen and oxygen atoms in total. The SMILES string of the molecule is CCCCN(CC)C(=O)c1cc(C)ccc1O. The van der Waals surface area contributed by atoms with Gasteiger partial charge in [-0.2, -0.15) is 0 Å². The maximum atomic E-state index is 12.2. The number of phenols is 1. The minimum absolute atomic E-state index is 0.0653. The summed E-state index contributed by atoms with van der Waals surface area (Å²) in [7, 11) is 0. The molecule has 1 amide bonds. The monoisotopic (exact) mass is 235 g/mol. The standard InChI is InChI=1S/C14H21NO2/c1-4-6-9-15(5-2)14(17)12-10-11(3)7-8-13(12)16/h7-8,10,16H,4-6,9H2,1-3H3. The Bertz CT molecular complexity index is 388. The first-order chi connectivity index (χ1) is 8.10. The van der Waals surface area contributed by atoms with Crippen LogP contribution in [0.2, 0.25) is 0 Å². The van der Waals surface area contributed by atoms with Crippen LogP contribution in [0.3, 0.4) is 0 Å². The summed E-state index contributed by atoms with van der Waals surface area (Å²) in [4.78, 5) is 14.0. The van der Waals surface area contributed by atoms with Gasteiger partial charge < -0.3 is 10.0 Å². The predicted octanol–water partition coefficient (Wildman–Crippen LogP) is 2.96. The summed E-state index contributed by atoms with van der Waals surface area (Å²) in [6.45, 7) is 7.40. The number of nitrogens with zero attached hydrogens (tertiary/aromatic N) is 1. The second-order valence-electron chi connectivity index (χ2n) is 4.26. The Kier molecular flexibility index (Phi) is 5.01. The molecule has 0 radical (unpaired) electrons. The fraction of sp³-hybridized carbons (Fsp3) is 0.500. The van der Waals surface area contributed by atoms with Gasteiger partial charge in [0.2, 0.25) is 0 Å². The lowest BCUT2D eigenvalue weighted by Crippen LogP contribution is -2.31. The molecule has 0 fully saturated rings. The van der Waals surface area contributed by atoms with Crippen LogP contribution in [0, 0.1) is 6.92 Å². The van der Waals surface area contributed by atoms with E-state index in [1.54, 1.807) is 23.1 Å². The van der Waals surface area contributed by atoms with E-state index in [-0.39, 0.29) is 11.7 Å². The molecule has 1 rings (SSSR count). The molecule has 0 unspecified atom stereocenters. The van der Waals surface area contributed by atoms with Crippen molar-refractivity contribution in [3.63, 3.8) is 0 Å². The second-order valence-corrected chi connectivity index (χ2v) is 4.26. The van der Waals surface area contributed by atoms with Crippen LogP contribution in [0.15, 0.2) is 18.2 Å². The van der Waals surface area contributed by atoms with Crippen LogP contribution < -0.4 is 0 Å². The van der Waals surface area contributed by atoms with Crippen LogP contribution in [0.4, 0.5) is 0 Å². The molecule has 17 heavy (non-hydrogen) atoms. The van der Waals surface area contributed by atoms with E-state index in [0.717, 1.165) is 24.9 Å². The van der Waals surface area contributed by atoms with Gasteiger partial charge in [-0.05, 0) is 32.4 Å². The largest absolute Gasteiger partial charge is 0.507 e. The molecule has 1 aromatic rings. The van der Waals surface area contributed by atoms with Gasteiger partial charge in [0, 0.05) is 13.1 Å². The van der Waals surface area contributed by atoms with Crippen molar-refractivity contribution >= 4 is 5.91 Å². The smallest absolute Gasteiger partial charge is 0.257 e. The normalized spacial score (nSPS) is 10.3. The summed E-state index contributed by atoms with van der Waals surface area (Å²) < 4.78 is 0. The van der Waals surface area contributed by atoms with Gasteiger partial charge in [-0.25, -0.2) is 0 Å². The number of aromatic hydroxyl groups is 1. The molecule has 0 aromatic heterocycles. The highest BCUT2D eigenvalue weighted by atomic mass is 16.3. The molecular formula is C14H21NO2. The lowest BCUT2D eigenvalue weighted by Gasteiger charge is -2.21. The van der Waals surface area contributed by atoms with Crippen molar-refractivity contribution in [2.75, 3.05) is 13.1 Å². The molecule has 0 heterocycles. The average molecular weight is 235 g/mol. The zero-order valence-corrected chi connectivity index (χ0v) is 10.9. The highest BCUT2D eigenvalue weighted by Gasteiger charge is 2.17. The van der Waals surface area contributed by atoms with Gasteiger partial charge in [0.15, 0.2) is 0 Å². The number of hydrogen-bond acceptors (Lipinski definition) is 2. The van der Waals surface area contributed by atoms with Crippen LogP contribution in [-0.2, 0) is 0 Å². The molecule has 0 saturated carbocycles. The van der Waals surface area contributed by atoms with Crippen molar-refractivity contribution in [3.05, 3.63) is 29.3 Å². The van der Waals surface area contributed by atoms with Crippen molar-refractivity contribution in [3.8, 4) is 5.75 Å². The first-order valence-electron chi connectivity index (χ1n) is 6.19. The Morgan fingerprint density at radius 3 is 2.65 bits per heavy atom. The summed E-state index contributed by atoms with van der Waals surface area (Å²) in [6, 6.07) is 5.12. The van der Waals surface area contributed by atoms with Crippen molar-refractivity contribution < 1.29 is 9.90 Å². The van der Waals surface area contributed by atoms with Crippen molar-refractivity contribution in [2.45, 2.75) is 33.6 Å². The number of rotatable bonds is 5. The van der Waals surface area contributed by atoms with Gasteiger partial charge >= 0.3 is 0 Å². The summed E-state index contributed by atoms with van der Waals surface area (Å²) in [5.74, 6) is -0.0160. The van der Waals surface area contributed by atoms with Gasteiger partial charge in [0.25, 0.3) is 5.91 Å². The zero-order valence-electron chi connectivity index (χ0n) is 10.9. The molecule has 0 aliphatic rings. The zero-order chi connectivity index (χ0) is 12.8. The topological polar surface area (TPSA) is 40.5 Å². The van der Waals surface area contributed by atoms with Gasteiger partial charge in [-0.15, -0.1) is 0 Å². The van der Waals surface area contributed by atoms with Crippen LogP contribution in [0.1, 0.15) is 42.6 Å². The molecule has 94 valence electrons. The van der Waals surface area contributed by atoms with Crippen molar-refractivity contribution in [1.29, 1.82) is 0 Å². The lowest BCUT2D eigenvalue weighted by atomic mass is 10.1. The first kappa shape index (κ1) is 13.6. The minimum atomic E-state index is -0.0813. The number of aryl methyl sites for hydroxylation is 1. The highest BCUT2D eigenvalue weighted by molar-refractivity contribution is 5.97. The number of carbonyl (C=O) groups is 1. The number of phenolic OH excluding ortho intramolecular Hbond substituents is 1. The predicted molar refractivity (Wildman–Crippen MR) is 69.3 cm³/mol. The molecule has 0 atom stereocenters. The fourth-order valence-electron chi connectivity index (χ4n) is 1.74. The first-order valence-corrected chi connectivity index (χ1v) is 6.19. The maximum absolute atomic E-state index is 12.2. The van der Waals surface area contributed by atoms with Crippen molar-refractivity contribution in [1.82, 2.24) is 4.90 Å². The van der Waals surface area contributed by atoms with Crippen LogP contribution in [-0.4, -0.2) is 29.0 Å². The van der Waals surface area contributed by atoms with E-state index < -0.39 is 0 Å². The van der Waals surface area contributed by atoms with Crippen LogP contribution in [0.25, 0.3) is 0 Å². The summed E-state index contributed by atoms with van der Waals surface area (Å²) in [5, 5.41) is 9.73. The van der Waals surface area contributed by atoms with E-state index >= 15 is 0 Å². The van der Waals surface area contributed by atoms with Crippen LogP contribution in [0.5, 0.6) is 5.75 Å². The second kappa shape index (κ2) is 6.28. The number of amides is 1. The molecule has 3 heteroatoms. The third kappa shape index (κ3) is 3.48. The Morgan fingerprint density at radius 2 is 2.06 bits per heavy atom. The number of hydrogen-bond donors (Lipinski definition) is 1. The Hall–Kier alpha value is -1.51. The van der Waals surface area contributed by atoms with Crippen LogP contribution >= 0.6 is 0 Å². The van der Waals surface area contributed by atoms with E-state index in [1.165, 1.54) is 0 Å². The quantitative estimate of drug-likeness (QED) is 0.852. The molecule has 0 aliphatic heterocycles. The van der Waals surface area contributed by atoms with Crippen molar-refractivity contribution in [2.24, 2.45) is 0 Å². The van der Waals surface area contributed by atoms with E-state index in [0.29, 0.717) is 12.1 Å². The van der Waals surface area contributed by atoms with E-state index in [4.69, 9.17) is 0 Å². The molecule has 0 aliphatic carbocycles. The van der Waals surface area contributed by atoms with Gasteiger partial charge in [-0.3, -0.25) is 4.79 Å². The molecule has 0 saturated heterocycles. The van der Waals surface area contributed by atoms with E-state index in [9.17, 15) is 9.90 Å². The van der Waals surface area contributed by atoms with Gasteiger partial charge in [-0.1, -0.05) is 25.0 Å². The number of carbonyl (C=O) groups excluding carboxylic acids is 1. The molecule has 0 spiro atoms. The third-order valence-corrected chi connectivity index (χ3v) is 2.83. The van der Waals surface area contributed by atoms with Gasteiger partial charge in [0.05, 0.1) is 5.56 Å². The average Bonchev–Trinajstić information content (AvgIpc) is 2.33. The highest BCUT2D eigenvalue weighted by Crippen LogP contribution is 2.20. The molecule has 1 N–H and O–H groups in total. The lowest BCUT2D eigenvalue weighted by molar-refractivity contribution is 0.0759. The molecule has 0 bridgehead atoms. The summed E-state index contributed by atoms with van der Waals surface area (Å²) >= 11 is 0. The summed E-state index contributed by atoms with van der Waals surface area (Å²) in [5.41, 5.74) is 1.39. The number of unbranched alkanes of at least 4 members (excludes halogenated alkanes) is 1. The molecule has 1 aromatic carbocycles. The minimum Gasteiger partial charge on any atom is -0.507 e. The fourth-order valence-corrected chi connectivity index (χ4v) is 1.74. The Labute approximate surface area is 103 Å². The number of benzene rings is 1. The summed E-state index contributed by atoms with van der Waals surface area (Å²) in [6.07, 6.45) is 2.05. The third-order valence-electron chi connectivity index (χ3n) is 2.83. The Balaban J connectivity index is 2.89. The van der Waals surface area contributed by atoms with E-state index in [2.05, 4.69) is 6.92 Å². The van der Waals surface area contributed by atoms with Gasteiger partial charge in [0.1, 0.15) is 5.75 Å². The van der Waals surface area contributed by atoms with E-state index in [1.807, 2.05) is 13.8 Å². The molecular weight excluding hydrogens is 214 g/mol. The Morgan fingerprint density at radius 1 is 1.35 bits per heavy atom.